The molecule has 1 atom stereocenters. The first-order chi connectivity index (χ1) is 8.70. The van der Waals surface area contributed by atoms with E-state index in [9.17, 15) is 0 Å². The SMILES string of the molecule is CCCC[C@H](N)c1nc(-c2cccc(C)n2)no1. The van der Waals surface area contributed by atoms with Gasteiger partial charge in [0.25, 0.3) is 0 Å². The molecule has 2 aromatic rings. The fourth-order valence-electron chi connectivity index (χ4n) is 1.70. The average molecular weight is 246 g/mol. The van der Waals surface area contributed by atoms with Gasteiger partial charge in [0.1, 0.15) is 5.69 Å². The first kappa shape index (κ1) is 12.7. The van der Waals surface area contributed by atoms with Crippen molar-refractivity contribution in [2.75, 3.05) is 0 Å². The van der Waals surface area contributed by atoms with E-state index in [1.807, 2.05) is 25.1 Å². The van der Waals surface area contributed by atoms with E-state index in [2.05, 4.69) is 22.0 Å². The highest BCUT2D eigenvalue weighted by atomic mass is 16.5. The van der Waals surface area contributed by atoms with E-state index < -0.39 is 0 Å². The van der Waals surface area contributed by atoms with Gasteiger partial charge in [-0.3, -0.25) is 0 Å². The fraction of sp³-hybridized carbons (Fsp3) is 0.462. The first-order valence-corrected chi connectivity index (χ1v) is 6.24. The predicted molar refractivity (Wildman–Crippen MR) is 68.7 cm³/mol. The van der Waals surface area contributed by atoms with Gasteiger partial charge in [0.2, 0.25) is 11.7 Å². The smallest absolute Gasteiger partial charge is 0.243 e. The predicted octanol–water partition coefficient (Wildman–Crippen LogP) is 2.63. The molecule has 0 spiro atoms. The third-order valence-corrected chi connectivity index (χ3v) is 2.75. The van der Waals surface area contributed by atoms with E-state index >= 15 is 0 Å². The Hall–Kier alpha value is -1.75. The summed E-state index contributed by atoms with van der Waals surface area (Å²) in [5.41, 5.74) is 7.63. The number of aryl methyl sites for hydroxylation is 1. The van der Waals surface area contributed by atoms with Crippen LogP contribution in [0.1, 0.15) is 43.8 Å². The van der Waals surface area contributed by atoms with E-state index in [4.69, 9.17) is 10.3 Å². The fourth-order valence-corrected chi connectivity index (χ4v) is 1.70. The molecule has 0 saturated heterocycles. The van der Waals surface area contributed by atoms with Gasteiger partial charge in [-0.2, -0.15) is 4.98 Å². The largest absolute Gasteiger partial charge is 0.337 e. The van der Waals surface area contributed by atoms with Crippen LogP contribution in [0, 0.1) is 6.92 Å². The van der Waals surface area contributed by atoms with E-state index in [1.165, 1.54) is 0 Å². The zero-order chi connectivity index (χ0) is 13.0. The molecule has 2 rings (SSSR count). The van der Waals surface area contributed by atoms with Crippen LogP contribution in [0.3, 0.4) is 0 Å². The van der Waals surface area contributed by atoms with Crippen LogP contribution in [-0.2, 0) is 0 Å². The van der Waals surface area contributed by atoms with Gasteiger partial charge in [-0.05, 0) is 25.5 Å². The number of unbranched alkanes of at least 4 members (excludes halogenated alkanes) is 1. The Balaban J connectivity index is 2.15. The number of rotatable bonds is 5. The lowest BCUT2D eigenvalue weighted by atomic mass is 10.1. The average Bonchev–Trinajstić information content (AvgIpc) is 2.85. The summed E-state index contributed by atoms with van der Waals surface area (Å²) < 4.78 is 5.19. The lowest BCUT2D eigenvalue weighted by molar-refractivity contribution is 0.346. The Bertz CT molecular complexity index is 509. The minimum atomic E-state index is -0.184. The minimum absolute atomic E-state index is 0.184. The molecule has 0 aliphatic rings. The second-order valence-electron chi connectivity index (χ2n) is 4.37. The zero-order valence-electron chi connectivity index (χ0n) is 10.8. The summed E-state index contributed by atoms with van der Waals surface area (Å²) in [6, 6.07) is 5.53. The van der Waals surface area contributed by atoms with Crippen molar-refractivity contribution in [3.63, 3.8) is 0 Å². The van der Waals surface area contributed by atoms with Crippen molar-refractivity contribution in [2.24, 2.45) is 5.73 Å². The molecule has 0 aliphatic heterocycles. The molecule has 0 bridgehead atoms. The minimum Gasteiger partial charge on any atom is -0.337 e. The van der Waals surface area contributed by atoms with Crippen LogP contribution < -0.4 is 5.73 Å². The van der Waals surface area contributed by atoms with E-state index in [1.54, 1.807) is 0 Å². The van der Waals surface area contributed by atoms with Gasteiger partial charge < -0.3 is 10.3 Å². The third-order valence-electron chi connectivity index (χ3n) is 2.75. The van der Waals surface area contributed by atoms with Crippen molar-refractivity contribution < 1.29 is 4.52 Å². The Kier molecular flexibility index (Phi) is 4.04. The number of pyridine rings is 1. The number of hydrogen-bond donors (Lipinski definition) is 1. The summed E-state index contributed by atoms with van der Waals surface area (Å²) >= 11 is 0. The highest BCUT2D eigenvalue weighted by molar-refractivity contribution is 5.48. The molecule has 0 amide bonds. The van der Waals surface area contributed by atoms with Crippen molar-refractivity contribution in [1.82, 2.24) is 15.1 Å². The number of nitrogens with two attached hydrogens (primary N) is 1. The summed E-state index contributed by atoms with van der Waals surface area (Å²) in [5, 5.41) is 3.93. The van der Waals surface area contributed by atoms with Crippen molar-refractivity contribution in [3.8, 4) is 11.5 Å². The molecule has 96 valence electrons. The molecular weight excluding hydrogens is 228 g/mol. The van der Waals surface area contributed by atoms with Crippen LogP contribution in [0.15, 0.2) is 22.7 Å². The highest BCUT2D eigenvalue weighted by Crippen LogP contribution is 2.19. The lowest BCUT2D eigenvalue weighted by Gasteiger charge is -2.03. The van der Waals surface area contributed by atoms with E-state index in [0.717, 1.165) is 25.0 Å². The van der Waals surface area contributed by atoms with Gasteiger partial charge >= 0.3 is 0 Å². The number of aromatic nitrogens is 3. The monoisotopic (exact) mass is 246 g/mol. The molecule has 5 heteroatoms. The summed E-state index contributed by atoms with van der Waals surface area (Å²) in [5.74, 6) is 0.988. The number of hydrogen-bond acceptors (Lipinski definition) is 5. The van der Waals surface area contributed by atoms with Crippen molar-refractivity contribution in [3.05, 3.63) is 29.8 Å². The molecule has 2 heterocycles. The molecule has 0 aromatic carbocycles. The summed E-state index contributed by atoms with van der Waals surface area (Å²) in [6.07, 6.45) is 3.02. The molecular formula is C13H18N4O. The Morgan fingerprint density at radius 3 is 2.89 bits per heavy atom. The third kappa shape index (κ3) is 2.92. The van der Waals surface area contributed by atoms with Gasteiger partial charge in [0, 0.05) is 5.69 Å². The molecule has 0 radical (unpaired) electrons. The van der Waals surface area contributed by atoms with Crippen molar-refractivity contribution in [1.29, 1.82) is 0 Å². The van der Waals surface area contributed by atoms with Gasteiger partial charge in [0.15, 0.2) is 0 Å². The van der Waals surface area contributed by atoms with Gasteiger partial charge in [0.05, 0.1) is 6.04 Å². The van der Waals surface area contributed by atoms with Crippen LogP contribution in [0.4, 0.5) is 0 Å². The summed E-state index contributed by atoms with van der Waals surface area (Å²) in [4.78, 5) is 8.66. The molecule has 2 N–H and O–H groups in total. The standard InChI is InChI=1S/C13H18N4O/c1-3-4-7-10(14)13-16-12(17-18-13)11-8-5-6-9(2)15-11/h5-6,8,10H,3-4,7,14H2,1-2H3/t10-/m0/s1. The molecule has 18 heavy (non-hydrogen) atoms. The second-order valence-corrected chi connectivity index (χ2v) is 4.37. The van der Waals surface area contributed by atoms with Gasteiger partial charge in [-0.15, -0.1) is 0 Å². The van der Waals surface area contributed by atoms with Crippen LogP contribution in [0.2, 0.25) is 0 Å². The van der Waals surface area contributed by atoms with Crippen molar-refractivity contribution in [2.45, 2.75) is 39.2 Å². The summed E-state index contributed by atoms with van der Waals surface area (Å²) in [7, 11) is 0. The molecule has 0 aliphatic carbocycles. The van der Waals surface area contributed by atoms with Crippen LogP contribution in [0.5, 0.6) is 0 Å². The Morgan fingerprint density at radius 2 is 2.17 bits per heavy atom. The second kappa shape index (κ2) is 5.73. The maximum atomic E-state index is 5.99. The zero-order valence-corrected chi connectivity index (χ0v) is 10.8. The van der Waals surface area contributed by atoms with Gasteiger partial charge in [-0.25, -0.2) is 4.98 Å². The number of nitrogens with zero attached hydrogens (tertiary/aromatic N) is 3. The molecule has 2 aromatic heterocycles. The molecule has 0 fully saturated rings. The van der Waals surface area contributed by atoms with Crippen LogP contribution in [0.25, 0.3) is 11.5 Å². The van der Waals surface area contributed by atoms with E-state index in [-0.39, 0.29) is 6.04 Å². The van der Waals surface area contributed by atoms with Crippen molar-refractivity contribution >= 4 is 0 Å². The maximum Gasteiger partial charge on any atom is 0.243 e. The maximum absolute atomic E-state index is 5.99. The molecule has 0 unspecified atom stereocenters. The Labute approximate surface area is 106 Å². The van der Waals surface area contributed by atoms with Gasteiger partial charge in [-0.1, -0.05) is 31.0 Å². The lowest BCUT2D eigenvalue weighted by Crippen LogP contribution is -2.10. The van der Waals surface area contributed by atoms with Crippen LogP contribution in [-0.4, -0.2) is 15.1 Å². The quantitative estimate of drug-likeness (QED) is 0.877. The molecule has 5 nitrogen and oxygen atoms in total. The normalized spacial score (nSPS) is 12.6. The first-order valence-electron chi connectivity index (χ1n) is 6.24. The Morgan fingerprint density at radius 1 is 1.33 bits per heavy atom. The highest BCUT2D eigenvalue weighted by Gasteiger charge is 2.15. The summed E-state index contributed by atoms with van der Waals surface area (Å²) in [6.45, 7) is 4.06. The van der Waals surface area contributed by atoms with Crippen LogP contribution >= 0.6 is 0 Å². The topological polar surface area (TPSA) is 77.8 Å². The molecule has 0 saturated carbocycles. The van der Waals surface area contributed by atoms with E-state index in [0.29, 0.717) is 17.4 Å².